The predicted octanol–water partition coefficient (Wildman–Crippen LogP) is 3.03. The maximum absolute atomic E-state index is 14.1. The van der Waals surface area contributed by atoms with E-state index in [0.29, 0.717) is 31.1 Å². The van der Waals surface area contributed by atoms with Gasteiger partial charge in [-0.05, 0) is 68.9 Å². The van der Waals surface area contributed by atoms with Gasteiger partial charge >= 0.3 is 0 Å². The summed E-state index contributed by atoms with van der Waals surface area (Å²) in [4.78, 5) is 4.53. The summed E-state index contributed by atoms with van der Waals surface area (Å²) in [6, 6.07) is 10.2. The van der Waals surface area contributed by atoms with Crippen molar-refractivity contribution in [1.29, 1.82) is 0 Å². The molecule has 0 spiro atoms. The number of nitrogens with one attached hydrogen (secondary N) is 1. The molecule has 1 heterocycles. The average Bonchev–Trinajstić information content (AvgIpc) is 2.77. The first-order valence-corrected chi connectivity index (χ1v) is 12.3. The number of benzene rings is 2. The van der Waals surface area contributed by atoms with E-state index in [1.165, 1.54) is 24.3 Å². The maximum atomic E-state index is 14.1. The normalized spacial score (nSPS) is 16.2. The zero-order chi connectivity index (χ0) is 23.1. The molecule has 9 heteroatoms. The molecule has 0 radical (unpaired) electrons. The smallest absolute Gasteiger partial charge is 0.241 e. The van der Waals surface area contributed by atoms with Crippen molar-refractivity contribution in [2.24, 2.45) is 0 Å². The van der Waals surface area contributed by atoms with E-state index in [1.807, 2.05) is 6.92 Å². The molecule has 1 saturated heterocycles. The van der Waals surface area contributed by atoms with Gasteiger partial charge in [0.05, 0.1) is 11.5 Å². The minimum atomic E-state index is -3.80. The van der Waals surface area contributed by atoms with E-state index < -0.39 is 21.9 Å². The van der Waals surface area contributed by atoms with Crippen LogP contribution >= 0.6 is 0 Å². The minimum absolute atomic E-state index is 0.124. The molecule has 32 heavy (non-hydrogen) atoms. The summed E-state index contributed by atoms with van der Waals surface area (Å²) in [5, 5.41) is 0. The summed E-state index contributed by atoms with van der Waals surface area (Å²) in [5.41, 5.74) is 1.47. The zero-order valence-corrected chi connectivity index (χ0v) is 19.7. The third kappa shape index (κ3) is 6.41. The van der Waals surface area contributed by atoms with Crippen molar-refractivity contribution in [2.45, 2.75) is 24.8 Å². The molecule has 1 N–H and O–H groups in total. The molecule has 1 atom stereocenters. The lowest BCUT2D eigenvalue weighted by atomic mass is 10.0. The summed E-state index contributed by atoms with van der Waals surface area (Å²) in [6.45, 7) is 8.53. The van der Waals surface area contributed by atoms with Gasteiger partial charge in [-0.25, -0.2) is 17.5 Å². The van der Waals surface area contributed by atoms with E-state index in [9.17, 15) is 12.8 Å². The Balaban J connectivity index is 1.72. The number of anilines is 1. The Hall–Kier alpha value is -2.20. The fraction of sp³-hybridized carbons (Fsp3) is 0.478. The number of piperazine rings is 1. The highest BCUT2D eigenvalue weighted by Crippen LogP contribution is 2.29. The molecule has 0 amide bonds. The van der Waals surface area contributed by atoms with E-state index in [2.05, 4.69) is 21.6 Å². The number of hydrogen-bond acceptors (Lipinski definition) is 6. The molecule has 1 fully saturated rings. The highest BCUT2D eigenvalue weighted by Gasteiger charge is 2.24. The Morgan fingerprint density at radius 1 is 1.06 bits per heavy atom. The van der Waals surface area contributed by atoms with Gasteiger partial charge in [0.1, 0.15) is 18.2 Å². The van der Waals surface area contributed by atoms with Crippen molar-refractivity contribution in [3.8, 4) is 5.75 Å². The van der Waals surface area contributed by atoms with Gasteiger partial charge in [-0.1, -0.05) is 0 Å². The number of halogens is 1. The van der Waals surface area contributed by atoms with Gasteiger partial charge < -0.3 is 19.3 Å². The van der Waals surface area contributed by atoms with Crippen LogP contribution in [0, 0.1) is 5.82 Å². The molecule has 0 bridgehead atoms. The van der Waals surface area contributed by atoms with Crippen LogP contribution < -0.4 is 14.4 Å². The van der Waals surface area contributed by atoms with E-state index in [1.54, 1.807) is 25.1 Å². The molecule has 7 nitrogen and oxygen atoms in total. The van der Waals surface area contributed by atoms with Crippen molar-refractivity contribution in [3.63, 3.8) is 0 Å². The van der Waals surface area contributed by atoms with Crippen molar-refractivity contribution < 1.29 is 22.3 Å². The van der Waals surface area contributed by atoms with Crippen molar-refractivity contribution in [1.82, 2.24) is 9.62 Å². The molecule has 1 aliphatic heterocycles. The molecule has 0 aliphatic carbocycles. The van der Waals surface area contributed by atoms with Gasteiger partial charge in [-0.15, -0.1) is 0 Å². The van der Waals surface area contributed by atoms with E-state index in [4.69, 9.17) is 9.47 Å². The third-order valence-electron chi connectivity index (χ3n) is 5.47. The molecule has 3 rings (SSSR count). The summed E-state index contributed by atoms with van der Waals surface area (Å²) < 4.78 is 53.4. The zero-order valence-electron chi connectivity index (χ0n) is 18.9. The van der Waals surface area contributed by atoms with Gasteiger partial charge in [0.15, 0.2) is 0 Å². The van der Waals surface area contributed by atoms with Crippen molar-refractivity contribution >= 4 is 15.7 Å². The average molecular weight is 466 g/mol. The van der Waals surface area contributed by atoms with Crippen LogP contribution in [-0.2, 0) is 14.8 Å². The summed E-state index contributed by atoms with van der Waals surface area (Å²) in [5.74, 6) is 0.177. The van der Waals surface area contributed by atoms with Gasteiger partial charge in [-0.2, -0.15) is 0 Å². The van der Waals surface area contributed by atoms with Gasteiger partial charge in [0.25, 0.3) is 0 Å². The molecule has 0 saturated carbocycles. The molecular formula is C23H32FN3O4S. The second kappa shape index (κ2) is 11.1. The molecule has 1 unspecified atom stereocenters. The summed E-state index contributed by atoms with van der Waals surface area (Å²) in [7, 11) is -1.74. The fourth-order valence-corrected chi connectivity index (χ4v) is 4.87. The highest BCUT2D eigenvalue weighted by molar-refractivity contribution is 7.89. The van der Waals surface area contributed by atoms with Gasteiger partial charge in [-0.3, -0.25) is 0 Å². The summed E-state index contributed by atoms with van der Waals surface area (Å²) in [6.07, 6.45) is 0. The molecule has 0 aromatic heterocycles. The number of ether oxygens (including phenoxy) is 2. The van der Waals surface area contributed by atoms with Crippen LogP contribution in [0.5, 0.6) is 5.75 Å². The third-order valence-corrected chi connectivity index (χ3v) is 7.02. The molecule has 176 valence electrons. The second-order valence-electron chi connectivity index (χ2n) is 7.85. The van der Waals surface area contributed by atoms with Crippen molar-refractivity contribution in [2.75, 3.05) is 57.9 Å². The maximum Gasteiger partial charge on any atom is 0.241 e. The first-order chi connectivity index (χ1) is 15.3. The Labute approximate surface area is 190 Å². The number of likely N-dealkylation sites (N-methyl/N-ethyl adjacent to an activating group) is 1. The van der Waals surface area contributed by atoms with Crippen LogP contribution in [0.2, 0.25) is 0 Å². The fourth-order valence-electron chi connectivity index (χ4n) is 3.65. The highest BCUT2D eigenvalue weighted by atomic mass is 32.2. The Morgan fingerprint density at radius 3 is 2.41 bits per heavy atom. The number of rotatable bonds is 10. The van der Waals surface area contributed by atoms with Crippen molar-refractivity contribution in [3.05, 3.63) is 53.8 Å². The monoisotopic (exact) mass is 465 g/mol. The van der Waals surface area contributed by atoms with Gasteiger partial charge in [0.2, 0.25) is 10.0 Å². The number of hydrogen-bond donors (Lipinski definition) is 1. The Kier molecular flexibility index (Phi) is 8.47. The van der Waals surface area contributed by atoms with E-state index >= 15 is 0 Å². The number of nitrogens with zero attached hydrogens (tertiary/aromatic N) is 2. The molecule has 2 aromatic rings. The standard InChI is InChI=1S/C23H32FN3O4S/c1-4-30-15-16-31-20-6-8-21(9-7-20)32(28,29)25-18(2)22-17-19(24)5-10-23(22)27-13-11-26(3)12-14-27/h5-10,17-18,25H,4,11-16H2,1-3H3. The molecular weight excluding hydrogens is 433 g/mol. The van der Waals surface area contributed by atoms with Crippen LogP contribution in [0.25, 0.3) is 0 Å². The van der Waals surface area contributed by atoms with Crippen LogP contribution in [0.4, 0.5) is 10.1 Å². The quantitative estimate of drug-likeness (QED) is 0.544. The van der Waals surface area contributed by atoms with Crippen LogP contribution in [0.3, 0.4) is 0 Å². The topological polar surface area (TPSA) is 71.1 Å². The van der Waals surface area contributed by atoms with Crippen LogP contribution in [0.1, 0.15) is 25.5 Å². The van der Waals surface area contributed by atoms with E-state index in [0.717, 1.165) is 31.9 Å². The van der Waals surface area contributed by atoms with Crippen LogP contribution in [-0.4, -0.2) is 66.4 Å². The lowest BCUT2D eigenvalue weighted by Gasteiger charge is -2.36. The largest absolute Gasteiger partial charge is 0.491 e. The SMILES string of the molecule is CCOCCOc1ccc(S(=O)(=O)NC(C)c2cc(F)ccc2N2CCN(C)CC2)cc1. The second-order valence-corrected chi connectivity index (χ2v) is 9.57. The van der Waals surface area contributed by atoms with Gasteiger partial charge in [0, 0.05) is 44.5 Å². The minimum Gasteiger partial charge on any atom is -0.491 e. The predicted molar refractivity (Wildman–Crippen MR) is 123 cm³/mol. The molecule has 1 aliphatic rings. The Bertz CT molecular complexity index is 977. The molecule has 2 aromatic carbocycles. The lowest BCUT2D eigenvalue weighted by Crippen LogP contribution is -2.45. The first kappa shape index (κ1) is 24.4. The Morgan fingerprint density at radius 2 is 1.75 bits per heavy atom. The van der Waals surface area contributed by atoms with Crippen LogP contribution in [0.15, 0.2) is 47.4 Å². The lowest BCUT2D eigenvalue weighted by molar-refractivity contribution is 0.110. The van der Waals surface area contributed by atoms with E-state index in [-0.39, 0.29) is 4.90 Å². The first-order valence-electron chi connectivity index (χ1n) is 10.9. The summed E-state index contributed by atoms with van der Waals surface area (Å²) >= 11 is 0. The number of sulfonamides is 1.